The van der Waals surface area contributed by atoms with E-state index in [1.54, 1.807) is 12.3 Å². The first kappa shape index (κ1) is 12.4. The van der Waals surface area contributed by atoms with Gasteiger partial charge in [0.25, 0.3) is 0 Å². The largest absolute Gasteiger partial charge is 0.472 e. The van der Waals surface area contributed by atoms with Crippen molar-refractivity contribution in [3.05, 3.63) is 47.4 Å². The third-order valence-corrected chi connectivity index (χ3v) is 2.52. The lowest BCUT2D eigenvalue weighted by Gasteiger charge is -2.08. The van der Waals surface area contributed by atoms with Crippen LogP contribution in [0.4, 0.5) is 4.39 Å². The van der Waals surface area contributed by atoms with Crippen molar-refractivity contribution in [2.45, 2.75) is 6.61 Å². The van der Waals surface area contributed by atoms with Crippen molar-refractivity contribution in [1.29, 1.82) is 0 Å². The fraction of sp³-hybridized carbons (Fsp3) is 0.0909. The first-order valence-corrected chi connectivity index (χ1v) is 5.43. The van der Waals surface area contributed by atoms with E-state index in [4.69, 9.17) is 10.5 Å². The Bertz CT molecular complexity index is 585. The maximum absolute atomic E-state index is 13.6. The molecule has 94 valence electrons. The van der Waals surface area contributed by atoms with Crippen LogP contribution in [0.15, 0.2) is 30.5 Å². The average molecular weight is 267 g/mol. The van der Waals surface area contributed by atoms with Crippen molar-refractivity contribution < 1.29 is 13.9 Å². The smallest absolute Gasteiger partial charge is 0.249 e. The predicted octanol–water partition coefficient (Wildman–Crippen LogP) is 1.39. The molecule has 1 aromatic heterocycles. The van der Waals surface area contributed by atoms with E-state index < -0.39 is 11.7 Å². The van der Waals surface area contributed by atoms with Gasteiger partial charge in [-0.15, -0.1) is 5.10 Å². The molecule has 1 heterocycles. The molecule has 0 aliphatic carbocycles. The fourth-order valence-electron chi connectivity index (χ4n) is 1.46. The van der Waals surface area contributed by atoms with Gasteiger partial charge in [-0.2, -0.15) is 0 Å². The first-order chi connectivity index (χ1) is 8.58. The van der Waals surface area contributed by atoms with Gasteiger partial charge in [0.1, 0.15) is 12.4 Å². The minimum Gasteiger partial charge on any atom is -0.472 e. The van der Waals surface area contributed by atoms with Crippen LogP contribution in [0, 0.1) is 5.82 Å². The van der Waals surface area contributed by atoms with E-state index in [-0.39, 0.29) is 23.6 Å². The Balaban J connectivity index is 2.20. The molecule has 0 aliphatic heterocycles. The predicted molar refractivity (Wildman–Crippen MR) is 65.9 cm³/mol. The lowest BCUT2D eigenvalue weighted by atomic mass is 10.1. The molecule has 1 aromatic carbocycles. The van der Waals surface area contributed by atoms with Gasteiger partial charge in [-0.1, -0.05) is 6.07 Å². The lowest BCUT2D eigenvalue weighted by molar-refractivity contribution is 0.0997. The quantitative estimate of drug-likeness (QED) is 0.822. The third kappa shape index (κ3) is 2.62. The van der Waals surface area contributed by atoms with Crippen LogP contribution < -0.4 is 10.5 Å². The molecule has 5 nitrogen and oxygen atoms in total. The summed E-state index contributed by atoms with van der Waals surface area (Å²) in [6.07, 6.45) is 1.56. The molecule has 0 unspecified atom stereocenters. The van der Waals surface area contributed by atoms with Gasteiger partial charge in [0, 0.05) is 23.4 Å². The molecule has 0 fully saturated rings. The van der Waals surface area contributed by atoms with Crippen LogP contribution in [0.1, 0.15) is 15.9 Å². The molecular formula is C11H10FN3O2S. The molecule has 2 aromatic rings. The number of nitrogens with two attached hydrogens (primary N) is 1. The van der Waals surface area contributed by atoms with Gasteiger partial charge in [-0.3, -0.25) is 4.79 Å². The number of carbonyl (C=O) groups is 1. The number of nitrogens with zero attached hydrogens (tertiary/aromatic N) is 2. The van der Waals surface area contributed by atoms with Crippen LogP contribution in [-0.2, 0) is 6.61 Å². The molecule has 0 saturated heterocycles. The van der Waals surface area contributed by atoms with Gasteiger partial charge >= 0.3 is 0 Å². The number of primary amides is 1. The Labute approximate surface area is 108 Å². The summed E-state index contributed by atoms with van der Waals surface area (Å²) in [5, 5.41) is 3.85. The minimum atomic E-state index is -0.701. The molecule has 1 amide bonds. The van der Waals surface area contributed by atoms with Crippen molar-refractivity contribution in [3.63, 3.8) is 0 Å². The molecule has 0 saturated carbocycles. The summed E-state index contributed by atoms with van der Waals surface area (Å²) in [6, 6.07) is 5.67. The molecule has 0 radical (unpaired) electrons. The molecule has 7 heteroatoms. The number of halogens is 1. The van der Waals surface area contributed by atoms with Crippen molar-refractivity contribution in [2.75, 3.05) is 0 Å². The molecule has 2 rings (SSSR count). The van der Waals surface area contributed by atoms with Crippen LogP contribution in [0.5, 0.6) is 5.88 Å². The number of thiol groups is 1. The van der Waals surface area contributed by atoms with Crippen LogP contribution in [0.2, 0.25) is 0 Å². The highest BCUT2D eigenvalue weighted by atomic mass is 32.1. The van der Waals surface area contributed by atoms with Crippen molar-refractivity contribution >= 4 is 18.7 Å². The highest BCUT2D eigenvalue weighted by molar-refractivity contribution is 7.78. The third-order valence-electron chi connectivity index (χ3n) is 2.30. The molecule has 0 atom stereocenters. The van der Waals surface area contributed by atoms with E-state index in [0.717, 1.165) is 0 Å². The number of aromatic nitrogens is 2. The summed E-state index contributed by atoms with van der Waals surface area (Å²) in [4.78, 5) is 11.2. The molecule has 2 N–H and O–H groups in total. The molecule has 18 heavy (non-hydrogen) atoms. The number of hydrogen-bond acceptors (Lipinski definition) is 4. The second kappa shape index (κ2) is 5.09. The maximum Gasteiger partial charge on any atom is 0.249 e. The van der Waals surface area contributed by atoms with E-state index in [9.17, 15) is 9.18 Å². The van der Waals surface area contributed by atoms with Gasteiger partial charge in [0.2, 0.25) is 11.8 Å². The fourth-order valence-corrected chi connectivity index (χ4v) is 1.61. The van der Waals surface area contributed by atoms with Crippen LogP contribution >= 0.6 is 12.8 Å². The molecular weight excluding hydrogens is 257 g/mol. The summed E-state index contributed by atoms with van der Waals surface area (Å²) < 4.78 is 20.1. The van der Waals surface area contributed by atoms with Crippen LogP contribution in [0.25, 0.3) is 0 Å². The summed E-state index contributed by atoms with van der Waals surface area (Å²) in [5.41, 5.74) is 5.37. The summed E-state index contributed by atoms with van der Waals surface area (Å²) >= 11 is 3.94. The van der Waals surface area contributed by atoms with E-state index in [0.29, 0.717) is 0 Å². The number of rotatable bonds is 4. The van der Waals surface area contributed by atoms with E-state index >= 15 is 0 Å². The van der Waals surface area contributed by atoms with Gasteiger partial charge in [-0.05, 0) is 24.9 Å². The van der Waals surface area contributed by atoms with E-state index in [2.05, 4.69) is 17.9 Å². The Morgan fingerprint density at radius 3 is 2.89 bits per heavy atom. The monoisotopic (exact) mass is 267 g/mol. The topological polar surface area (TPSA) is 70.1 Å². The van der Waals surface area contributed by atoms with E-state index in [1.165, 1.54) is 22.3 Å². The zero-order valence-corrected chi connectivity index (χ0v) is 10.1. The van der Waals surface area contributed by atoms with Crippen molar-refractivity contribution in [1.82, 2.24) is 9.19 Å². The highest BCUT2D eigenvalue weighted by Gasteiger charge is 2.13. The normalized spacial score (nSPS) is 10.3. The van der Waals surface area contributed by atoms with E-state index in [1.807, 2.05) is 0 Å². The Morgan fingerprint density at radius 2 is 2.28 bits per heavy atom. The Morgan fingerprint density at radius 1 is 1.50 bits per heavy atom. The lowest BCUT2D eigenvalue weighted by Crippen LogP contribution is -2.16. The zero-order chi connectivity index (χ0) is 13.1. The van der Waals surface area contributed by atoms with Crippen LogP contribution in [0.3, 0.4) is 0 Å². The Kier molecular flexibility index (Phi) is 3.52. The number of ether oxygens (including phenoxy) is 1. The average Bonchev–Trinajstić information content (AvgIpc) is 2.73. The number of hydrogen-bond donors (Lipinski definition) is 2. The molecule has 0 spiro atoms. The summed E-state index contributed by atoms with van der Waals surface area (Å²) in [6.45, 7) is -0.129. The first-order valence-electron chi connectivity index (χ1n) is 5.03. The molecule has 0 aliphatic rings. The van der Waals surface area contributed by atoms with Crippen molar-refractivity contribution in [3.8, 4) is 5.88 Å². The molecule has 0 bridgehead atoms. The number of benzene rings is 1. The van der Waals surface area contributed by atoms with Gasteiger partial charge in [0.05, 0.1) is 0 Å². The zero-order valence-electron chi connectivity index (χ0n) is 9.21. The Hall–Kier alpha value is -2.02. The SMILES string of the molecule is NC(=O)c1cccc(F)c1COc1ccn(S)n1. The van der Waals surface area contributed by atoms with Crippen LogP contribution in [-0.4, -0.2) is 15.1 Å². The minimum absolute atomic E-state index is 0.0975. The maximum atomic E-state index is 13.6. The second-order valence-corrected chi connectivity index (χ2v) is 3.90. The number of carbonyl (C=O) groups excluding carboxylic acids is 1. The standard InChI is InChI=1S/C11H10FN3O2S/c12-9-3-1-2-7(11(13)16)8(9)6-17-10-4-5-15(18)14-10/h1-5,18H,6H2,(H2,13,16). The second-order valence-electron chi connectivity index (χ2n) is 3.49. The summed E-state index contributed by atoms with van der Waals surface area (Å²) in [5.74, 6) is -0.965. The van der Waals surface area contributed by atoms with Gasteiger partial charge in [0.15, 0.2) is 0 Å². The number of amides is 1. The summed E-state index contributed by atoms with van der Waals surface area (Å²) in [7, 11) is 0. The van der Waals surface area contributed by atoms with Gasteiger partial charge < -0.3 is 10.5 Å². The highest BCUT2D eigenvalue weighted by Crippen LogP contribution is 2.16. The van der Waals surface area contributed by atoms with Crippen molar-refractivity contribution in [2.24, 2.45) is 5.73 Å². The van der Waals surface area contributed by atoms with Gasteiger partial charge in [-0.25, -0.2) is 8.48 Å².